The van der Waals surface area contributed by atoms with E-state index in [1.807, 2.05) is 6.07 Å². The predicted octanol–water partition coefficient (Wildman–Crippen LogP) is 1.68. The molecule has 0 unspecified atom stereocenters. The number of benzene rings is 1. The number of piperidine rings is 1. The first-order chi connectivity index (χ1) is 9.25. The standard InChI is InChI=1S/C15H22N4/c1-2-18-10-8-15(9-11-18)12-17-14(16)19(15)13-6-4-3-5-7-13/h3-7H,2,8-12H2,1H3,(H2,16,17). The Morgan fingerprint density at radius 1 is 1.21 bits per heavy atom. The molecule has 2 aliphatic heterocycles. The largest absolute Gasteiger partial charge is 0.369 e. The summed E-state index contributed by atoms with van der Waals surface area (Å²) in [5.41, 5.74) is 7.43. The van der Waals surface area contributed by atoms with Gasteiger partial charge in [0.25, 0.3) is 0 Å². The number of nitrogens with two attached hydrogens (primary N) is 1. The third kappa shape index (κ3) is 2.10. The maximum absolute atomic E-state index is 6.15. The van der Waals surface area contributed by atoms with E-state index < -0.39 is 0 Å². The Hall–Kier alpha value is -1.55. The Kier molecular flexibility index (Phi) is 3.19. The first-order valence-electron chi connectivity index (χ1n) is 7.13. The Bertz CT molecular complexity index is 460. The monoisotopic (exact) mass is 258 g/mol. The van der Waals surface area contributed by atoms with Gasteiger partial charge < -0.3 is 15.5 Å². The molecule has 4 nitrogen and oxygen atoms in total. The van der Waals surface area contributed by atoms with E-state index in [1.54, 1.807) is 0 Å². The number of hydrogen-bond acceptors (Lipinski definition) is 4. The molecule has 0 aromatic heterocycles. The van der Waals surface area contributed by atoms with E-state index in [-0.39, 0.29) is 5.54 Å². The average molecular weight is 258 g/mol. The van der Waals surface area contributed by atoms with Gasteiger partial charge in [0.2, 0.25) is 0 Å². The lowest BCUT2D eigenvalue weighted by molar-refractivity contribution is 0.178. The number of rotatable bonds is 2. The van der Waals surface area contributed by atoms with Gasteiger partial charge in [-0.25, -0.2) is 0 Å². The van der Waals surface area contributed by atoms with Crippen molar-refractivity contribution in [3.05, 3.63) is 30.3 Å². The summed E-state index contributed by atoms with van der Waals surface area (Å²) in [6.45, 7) is 6.49. The van der Waals surface area contributed by atoms with Crippen LogP contribution in [0, 0.1) is 0 Å². The van der Waals surface area contributed by atoms with Gasteiger partial charge in [-0.2, -0.15) is 0 Å². The van der Waals surface area contributed by atoms with E-state index >= 15 is 0 Å². The van der Waals surface area contributed by atoms with Crippen LogP contribution in [-0.4, -0.2) is 42.6 Å². The minimum atomic E-state index is 0.108. The number of anilines is 1. The average Bonchev–Trinajstić information content (AvgIpc) is 2.78. The molecule has 0 radical (unpaired) electrons. The second-order valence-corrected chi connectivity index (χ2v) is 5.50. The van der Waals surface area contributed by atoms with Crippen molar-refractivity contribution < 1.29 is 0 Å². The van der Waals surface area contributed by atoms with Crippen molar-refractivity contribution in [3.63, 3.8) is 0 Å². The van der Waals surface area contributed by atoms with E-state index in [4.69, 9.17) is 5.73 Å². The van der Waals surface area contributed by atoms with Crippen LogP contribution in [0.1, 0.15) is 19.8 Å². The van der Waals surface area contributed by atoms with Crippen LogP contribution in [-0.2, 0) is 0 Å². The van der Waals surface area contributed by atoms with Crippen molar-refractivity contribution in [3.8, 4) is 0 Å². The van der Waals surface area contributed by atoms with Gasteiger partial charge >= 0.3 is 0 Å². The molecule has 19 heavy (non-hydrogen) atoms. The number of nitrogens with zero attached hydrogens (tertiary/aromatic N) is 3. The van der Waals surface area contributed by atoms with Crippen LogP contribution in [0.4, 0.5) is 5.69 Å². The first-order valence-corrected chi connectivity index (χ1v) is 7.13. The van der Waals surface area contributed by atoms with Crippen molar-refractivity contribution in [1.29, 1.82) is 0 Å². The molecule has 2 N–H and O–H groups in total. The molecular formula is C15H22N4. The molecule has 0 saturated carbocycles. The Morgan fingerprint density at radius 2 is 1.89 bits per heavy atom. The van der Waals surface area contributed by atoms with Crippen LogP contribution in [0.3, 0.4) is 0 Å². The molecule has 0 aliphatic carbocycles. The summed E-state index contributed by atoms with van der Waals surface area (Å²) in [7, 11) is 0. The number of guanidine groups is 1. The van der Waals surface area contributed by atoms with Crippen molar-refractivity contribution in [2.45, 2.75) is 25.3 Å². The second kappa shape index (κ2) is 4.85. The van der Waals surface area contributed by atoms with E-state index in [9.17, 15) is 0 Å². The summed E-state index contributed by atoms with van der Waals surface area (Å²) < 4.78 is 0. The predicted molar refractivity (Wildman–Crippen MR) is 79.5 cm³/mol. The summed E-state index contributed by atoms with van der Waals surface area (Å²) in [4.78, 5) is 9.29. The van der Waals surface area contributed by atoms with Crippen molar-refractivity contribution in [1.82, 2.24) is 4.90 Å². The van der Waals surface area contributed by atoms with Gasteiger partial charge in [0.05, 0.1) is 12.1 Å². The van der Waals surface area contributed by atoms with Crippen LogP contribution < -0.4 is 10.6 Å². The van der Waals surface area contributed by atoms with E-state index in [1.165, 1.54) is 5.69 Å². The molecule has 0 bridgehead atoms. The van der Waals surface area contributed by atoms with E-state index in [0.717, 1.165) is 39.0 Å². The minimum Gasteiger partial charge on any atom is -0.369 e. The molecular weight excluding hydrogens is 236 g/mol. The lowest BCUT2D eigenvalue weighted by atomic mass is 9.86. The maximum atomic E-state index is 6.15. The van der Waals surface area contributed by atoms with E-state index in [0.29, 0.717) is 5.96 Å². The van der Waals surface area contributed by atoms with Gasteiger partial charge in [-0.3, -0.25) is 4.99 Å². The number of para-hydroxylation sites is 1. The van der Waals surface area contributed by atoms with Crippen molar-refractivity contribution in [2.75, 3.05) is 31.1 Å². The Labute approximate surface area is 114 Å². The van der Waals surface area contributed by atoms with Crippen LogP contribution >= 0.6 is 0 Å². The summed E-state index contributed by atoms with van der Waals surface area (Å²) in [6, 6.07) is 10.4. The topological polar surface area (TPSA) is 44.9 Å². The molecule has 1 saturated heterocycles. The van der Waals surface area contributed by atoms with Crippen molar-refractivity contribution >= 4 is 11.6 Å². The quantitative estimate of drug-likeness (QED) is 0.877. The fourth-order valence-electron chi connectivity index (χ4n) is 3.26. The first kappa shape index (κ1) is 12.5. The Balaban J connectivity index is 1.87. The number of aliphatic imine (C=N–C) groups is 1. The van der Waals surface area contributed by atoms with E-state index in [2.05, 4.69) is 46.0 Å². The van der Waals surface area contributed by atoms with Crippen LogP contribution in [0.25, 0.3) is 0 Å². The van der Waals surface area contributed by atoms with Gasteiger partial charge in [-0.1, -0.05) is 25.1 Å². The van der Waals surface area contributed by atoms with Gasteiger partial charge in [-0.15, -0.1) is 0 Å². The van der Waals surface area contributed by atoms with Gasteiger partial charge in [0, 0.05) is 18.8 Å². The highest BCUT2D eigenvalue weighted by molar-refractivity contribution is 5.98. The normalized spacial score (nSPS) is 22.8. The summed E-state index contributed by atoms with van der Waals surface area (Å²) in [5.74, 6) is 0.677. The van der Waals surface area contributed by atoms with Crippen LogP contribution in [0.5, 0.6) is 0 Å². The molecule has 0 atom stereocenters. The highest BCUT2D eigenvalue weighted by Crippen LogP contribution is 2.36. The molecule has 0 amide bonds. The lowest BCUT2D eigenvalue weighted by Crippen LogP contribution is -2.57. The molecule has 1 aromatic carbocycles. The zero-order valence-electron chi connectivity index (χ0n) is 11.5. The Morgan fingerprint density at radius 3 is 2.53 bits per heavy atom. The van der Waals surface area contributed by atoms with Gasteiger partial charge in [-0.05, 0) is 31.5 Å². The summed E-state index contributed by atoms with van der Waals surface area (Å²) in [5, 5.41) is 0. The molecule has 102 valence electrons. The third-order valence-electron chi connectivity index (χ3n) is 4.49. The molecule has 2 aliphatic rings. The third-order valence-corrected chi connectivity index (χ3v) is 4.49. The second-order valence-electron chi connectivity index (χ2n) is 5.50. The summed E-state index contributed by atoms with van der Waals surface area (Å²) >= 11 is 0. The molecule has 1 aromatic rings. The summed E-state index contributed by atoms with van der Waals surface area (Å²) in [6.07, 6.45) is 2.28. The maximum Gasteiger partial charge on any atom is 0.196 e. The molecule has 3 rings (SSSR count). The molecule has 1 spiro atoms. The van der Waals surface area contributed by atoms with Gasteiger partial charge in [0.1, 0.15) is 0 Å². The highest BCUT2D eigenvalue weighted by Gasteiger charge is 2.44. The molecule has 4 heteroatoms. The number of likely N-dealkylation sites (tertiary alicyclic amines) is 1. The van der Waals surface area contributed by atoms with Crippen LogP contribution in [0.2, 0.25) is 0 Å². The van der Waals surface area contributed by atoms with Crippen molar-refractivity contribution in [2.24, 2.45) is 10.7 Å². The molecule has 1 fully saturated rings. The zero-order chi connectivity index (χ0) is 13.3. The fourth-order valence-corrected chi connectivity index (χ4v) is 3.26. The lowest BCUT2D eigenvalue weighted by Gasteiger charge is -2.45. The fraction of sp³-hybridized carbons (Fsp3) is 0.533. The smallest absolute Gasteiger partial charge is 0.196 e. The zero-order valence-corrected chi connectivity index (χ0v) is 11.5. The molecule has 2 heterocycles. The minimum absolute atomic E-state index is 0.108. The number of hydrogen-bond donors (Lipinski definition) is 1. The van der Waals surface area contributed by atoms with Crippen LogP contribution in [0.15, 0.2) is 35.3 Å². The SMILES string of the molecule is CCN1CCC2(CC1)CN=C(N)N2c1ccccc1. The highest BCUT2D eigenvalue weighted by atomic mass is 15.4. The van der Waals surface area contributed by atoms with Gasteiger partial charge in [0.15, 0.2) is 5.96 Å².